The minimum atomic E-state index is -0.341. The van der Waals surface area contributed by atoms with Gasteiger partial charge in [0.15, 0.2) is 5.96 Å². The van der Waals surface area contributed by atoms with E-state index in [0.717, 1.165) is 16.3 Å². The van der Waals surface area contributed by atoms with Crippen molar-refractivity contribution >= 4 is 34.9 Å². The van der Waals surface area contributed by atoms with Crippen LogP contribution in [0.25, 0.3) is 0 Å². The van der Waals surface area contributed by atoms with Crippen molar-refractivity contribution < 1.29 is 14.3 Å². The molecule has 1 unspecified atom stereocenters. The van der Waals surface area contributed by atoms with Crippen molar-refractivity contribution in [2.75, 3.05) is 19.0 Å². The number of thiazole rings is 1. The van der Waals surface area contributed by atoms with E-state index in [-0.39, 0.29) is 23.8 Å². The highest BCUT2D eigenvalue weighted by atomic mass is 32.1. The van der Waals surface area contributed by atoms with E-state index in [4.69, 9.17) is 4.74 Å². The fourth-order valence-electron chi connectivity index (χ4n) is 2.63. The molecule has 0 spiro atoms. The number of aromatic nitrogens is 1. The Morgan fingerprint density at radius 1 is 1.19 bits per heavy atom. The molecular weight excluding hydrogens is 414 g/mol. The van der Waals surface area contributed by atoms with Crippen molar-refractivity contribution in [1.82, 2.24) is 15.6 Å². The Bertz CT molecular complexity index is 922. The molecule has 0 saturated carbocycles. The number of carbonyl (C=O) groups excluding carboxylic acids is 2. The lowest BCUT2D eigenvalue weighted by atomic mass is 10.1. The first kappa shape index (κ1) is 24.3. The summed E-state index contributed by atoms with van der Waals surface area (Å²) in [5, 5.41) is 10.2. The predicted molar refractivity (Wildman–Crippen MR) is 124 cm³/mol. The van der Waals surface area contributed by atoms with Gasteiger partial charge in [-0.3, -0.25) is 9.79 Å². The van der Waals surface area contributed by atoms with E-state index in [9.17, 15) is 9.59 Å². The SMILES string of the molecule is CCOC(=O)c1sc(C(C)NC(=NC)NCc2ccc(NC(=O)C(C)C)cc2)nc1C. The summed E-state index contributed by atoms with van der Waals surface area (Å²) in [7, 11) is 1.70. The highest BCUT2D eigenvalue weighted by molar-refractivity contribution is 7.13. The average Bonchev–Trinajstić information content (AvgIpc) is 3.14. The van der Waals surface area contributed by atoms with Crippen LogP contribution >= 0.6 is 11.3 Å². The number of aryl methyl sites for hydroxylation is 1. The maximum absolute atomic E-state index is 12.0. The standard InChI is InChI=1S/C22H31N5O3S/c1-7-30-21(29)18-14(4)25-20(31-18)15(5)26-22(23-6)24-12-16-8-10-17(11-9-16)27-19(28)13(2)3/h8-11,13,15H,7,12H2,1-6H3,(H,27,28)(H2,23,24,26). The summed E-state index contributed by atoms with van der Waals surface area (Å²) in [5.74, 6) is 0.211. The van der Waals surface area contributed by atoms with Crippen LogP contribution in [-0.4, -0.2) is 36.5 Å². The van der Waals surface area contributed by atoms with E-state index in [0.29, 0.717) is 29.7 Å². The molecule has 1 aromatic carbocycles. The maximum atomic E-state index is 12.0. The highest BCUT2D eigenvalue weighted by Gasteiger charge is 2.20. The second-order valence-corrected chi connectivity index (χ2v) is 8.35. The fourth-order valence-corrected chi connectivity index (χ4v) is 3.59. The third-order valence-corrected chi connectivity index (χ3v) is 5.75. The molecule has 31 heavy (non-hydrogen) atoms. The molecule has 1 atom stereocenters. The first-order chi connectivity index (χ1) is 14.7. The van der Waals surface area contributed by atoms with Crippen molar-refractivity contribution in [3.05, 3.63) is 45.4 Å². The average molecular weight is 446 g/mol. The molecule has 0 aliphatic heterocycles. The predicted octanol–water partition coefficient (Wildman–Crippen LogP) is 3.65. The van der Waals surface area contributed by atoms with E-state index in [2.05, 4.69) is 25.9 Å². The minimum absolute atomic E-state index is 0.00648. The van der Waals surface area contributed by atoms with Gasteiger partial charge in [-0.1, -0.05) is 26.0 Å². The molecular formula is C22H31N5O3S. The van der Waals surface area contributed by atoms with Crippen LogP contribution < -0.4 is 16.0 Å². The van der Waals surface area contributed by atoms with Gasteiger partial charge in [0.05, 0.1) is 18.3 Å². The molecule has 0 radical (unpaired) electrons. The Hall–Kier alpha value is -2.94. The summed E-state index contributed by atoms with van der Waals surface area (Å²) in [6.07, 6.45) is 0. The summed E-state index contributed by atoms with van der Waals surface area (Å²) in [5.41, 5.74) is 2.49. The van der Waals surface area contributed by atoms with Crippen LogP contribution in [0.2, 0.25) is 0 Å². The summed E-state index contributed by atoms with van der Waals surface area (Å²) in [6, 6.07) is 7.54. The molecule has 2 rings (SSSR count). The molecule has 168 valence electrons. The third-order valence-electron chi connectivity index (χ3n) is 4.43. The normalized spacial score (nSPS) is 12.4. The van der Waals surface area contributed by atoms with Crippen LogP contribution in [0.4, 0.5) is 5.69 Å². The lowest BCUT2D eigenvalue weighted by molar-refractivity contribution is -0.118. The van der Waals surface area contributed by atoms with Crippen molar-refractivity contribution in [2.24, 2.45) is 10.9 Å². The topological polar surface area (TPSA) is 105 Å². The number of ether oxygens (including phenoxy) is 1. The largest absolute Gasteiger partial charge is 0.462 e. The van der Waals surface area contributed by atoms with Crippen molar-refractivity contribution in [3.8, 4) is 0 Å². The minimum Gasteiger partial charge on any atom is -0.462 e. The molecule has 2 aromatic rings. The number of carbonyl (C=O) groups is 2. The van der Waals surface area contributed by atoms with Crippen molar-refractivity contribution in [1.29, 1.82) is 0 Å². The Labute approximate surface area is 187 Å². The summed E-state index contributed by atoms with van der Waals surface area (Å²) >= 11 is 1.33. The Morgan fingerprint density at radius 2 is 1.87 bits per heavy atom. The van der Waals surface area contributed by atoms with Crippen LogP contribution in [0.5, 0.6) is 0 Å². The fraction of sp³-hybridized carbons (Fsp3) is 0.455. The molecule has 1 amide bonds. The van der Waals surface area contributed by atoms with Gasteiger partial charge < -0.3 is 20.7 Å². The number of esters is 1. The monoisotopic (exact) mass is 445 g/mol. The maximum Gasteiger partial charge on any atom is 0.350 e. The summed E-state index contributed by atoms with van der Waals surface area (Å²) < 4.78 is 5.08. The number of aliphatic imine (C=N–C) groups is 1. The number of benzene rings is 1. The van der Waals surface area contributed by atoms with Gasteiger partial charge in [-0.25, -0.2) is 9.78 Å². The Balaban J connectivity index is 1.93. The molecule has 9 heteroatoms. The number of guanidine groups is 1. The smallest absolute Gasteiger partial charge is 0.350 e. The number of nitrogens with one attached hydrogen (secondary N) is 3. The number of hydrogen-bond acceptors (Lipinski definition) is 6. The van der Waals surface area contributed by atoms with Crippen LogP contribution in [0.1, 0.15) is 59.7 Å². The van der Waals surface area contributed by atoms with Gasteiger partial charge >= 0.3 is 5.97 Å². The first-order valence-corrected chi connectivity index (χ1v) is 11.1. The molecule has 0 aliphatic carbocycles. The lowest BCUT2D eigenvalue weighted by Gasteiger charge is -2.16. The van der Waals surface area contributed by atoms with E-state index in [1.165, 1.54) is 11.3 Å². The van der Waals surface area contributed by atoms with Gasteiger partial charge in [0.25, 0.3) is 0 Å². The van der Waals surface area contributed by atoms with Crippen molar-refractivity contribution in [2.45, 2.75) is 47.2 Å². The van der Waals surface area contributed by atoms with E-state index in [1.54, 1.807) is 20.9 Å². The van der Waals surface area contributed by atoms with E-state index < -0.39 is 0 Å². The number of amides is 1. The molecule has 0 saturated heterocycles. The highest BCUT2D eigenvalue weighted by Crippen LogP contribution is 2.24. The van der Waals surface area contributed by atoms with Gasteiger partial charge in [-0.15, -0.1) is 11.3 Å². The number of hydrogen-bond donors (Lipinski definition) is 3. The molecule has 8 nitrogen and oxygen atoms in total. The third kappa shape index (κ3) is 7.06. The first-order valence-electron chi connectivity index (χ1n) is 10.3. The van der Waals surface area contributed by atoms with Gasteiger partial charge in [0.1, 0.15) is 9.88 Å². The van der Waals surface area contributed by atoms with Gasteiger partial charge in [0.2, 0.25) is 5.91 Å². The zero-order chi connectivity index (χ0) is 23.0. The van der Waals surface area contributed by atoms with E-state index >= 15 is 0 Å². The van der Waals surface area contributed by atoms with Crippen LogP contribution in [0.3, 0.4) is 0 Å². The van der Waals surface area contributed by atoms with Crippen LogP contribution in [-0.2, 0) is 16.1 Å². The Morgan fingerprint density at radius 3 is 2.45 bits per heavy atom. The Kier molecular flexibility index (Phi) is 8.99. The summed E-state index contributed by atoms with van der Waals surface area (Å²) in [4.78, 5) is 33.1. The zero-order valence-corrected chi connectivity index (χ0v) is 19.7. The van der Waals surface area contributed by atoms with E-state index in [1.807, 2.05) is 45.0 Å². The number of nitrogens with zero attached hydrogens (tertiary/aromatic N) is 2. The van der Waals surface area contributed by atoms with Crippen molar-refractivity contribution in [3.63, 3.8) is 0 Å². The molecule has 3 N–H and O–H groups in total. The number of anilines is 1. The van der Waals surface area contributed by atoms with Crippen LogP contribution in [0.15, 0.2) is 29.3 Å². The van der Waals surface area contributed by atoms with Crippen LogP contribution in [0, 0.1) is 12.8 Å². The summed E-state index contributed by atoms with van der Waals surface area (Å²) in [6.45, 7) is 10.2. The second-order valence-electron chi connectivity index (χ2n) is 7.32. The molecule has 1 aromatic heterocycles. The lowest BCUT2D eigenvalue weighted by Crippen LogP contribution is -2.38. The van der Waals surface area contributed by atoms with Gasteiger partial charge in [0, 0.05) is 25.2 Å². The van der Waals surface area contributed by atoms with Gasteiger partial charge in [-0.05, 0) is 38.5 Å². The molecule has 0 bridgehead atoms. The molecule has 0 aliphatic rings. The zero-order valence-electron chi connectivity index (χ0n) is 18.9. The number of rotatable bonds is 8. The van der Waals surface area contributed by atoms with Gasteiger partial charge in [-0.2, -0.15) is 0 Å². The molecule has 0 fully saturated rings. The second kappa shape index (κ2) is 11.5. The molecule has 1 heterocycles. The quantitative estimate of drug-likeness (QED) is 0.325.